The fraction of sp³-hybridized carbons (Fsp3) is 0.571. The maximum Gasteiger partial charge on any atom is 0.332 e. The zero-order chi connectivity index (χ0) is 10.8. The molecule has 0 aromatic carbocycles. The Labute approximate surface area is 76.2 Å². The largest absolute Gasteiger partial charge is 0.478 e. The smallest absolute Gasteiger partial charge is 0.332 e. The highest BCUT2D eigenvalue weighted by Gasteiger charge is 2.27. The first-order valence-corrected chi connectivity index (χ1v) is 5.32. The lowest BCUT2D eigenvalue weighted by molar-refractivity contribution is -0.132. The fourth-order valence-electron chi connectivity index (χ4n) is 0.734. The number of hydrogen-bond acceptors (Lipinski definition) is 2. The van der Waals surface area contributed by atoms with Gasteiger partial charge >= 0.3 is 13.6 Å². The highest BCUT2D eigenvalue weighted by atomic mass is 31.2. The average molecular weight is 208 g/mol. The Morgan fingerprint density at radius 2 is 1.69 bits per heavy atom. The number of hydrogen-bond donors (Lipinski definition) is 3. The third kappa shape index (κ3) is 3.30. The van der Waals surface area contributed by atoms with Gasteiger partial charge in [0.2, 0.25) is 0 Å². The molecule has 0 heterocycles. The molecule has 76 valence electrons. The Kier molecular flexibility index (Phi) is 3.85. The quantitative estimate of drug-likeness (QED) is 0.474. The SMILES string of the molecule is C/C(C(=O)O)=C(/C)[C@@H](C)P(=O)(O)O. The molecule has 0 amide bonds. The number of rotatable bonds is 3. The summed E-state index contributed by atoms with van der Waals surface area (Å²) in [5, 5.41) is 8.56. The lowest BCUT2D eigenvalue weighted by Gasteiger charge is -2.15. The van der Waals surface area contributed by atoms with E-state index in [1.54, 1.807) is 0 Å². The van der Waals surface area contributed by atoms with E-state index in [9.17, 15) is 9.36 Å². The topological polar surface area (TPSA) is 94.8 Å². The molecule has 0 aliphatic heterocycles. The summed E-state index contributed by atoms with van der Waals surface area (Å²) in [6, 6.07) is 0. The van der Waals surface area contributed by atoms with E-state index in [4.69, 9.17) is 14.9 Å². The van der Waals surface area contributed by atoms with Gasteiger partial charge in [-0.3, -0.25) is 4.57 Å². The fourth-order valence-corrected chi connectivity index (χ4v) is 1.43. The number of carboxylic acid groups (broad SMARTS) is 1. The molecule has 0 radical (unpaired) electrons. The molecular formula is C7H13O5P. The lowest BCUT2D eigenvalue weighted by atomic mass is 10.1. The van der Waals surface area contributed by atoms with Crippen molar-refractivity contribution in [1.29, 1.82) is 0 Å². The van der Waals surface area contributed by atoms with Crippen molar-refractivity contribution in [3.63, 3.8) is 0 Å². The molecule has 0 rings (SSSR count). The highest BCUT2D eigenvalue weighted by Crippen LogP contribution is 2.44. The zero-order valence-corrected chi connectivity index (χ0v) is 8.58. The van der Waals surface area contributed by atoms with E-state index in [-0.39, 0.29) is 11.1 Å². The first-order chi connectivity index (χ1) is 5.68. The van der Waals surface area contributed by atoms with Gasteiger partial charge in [0, 0.05) is 5.57 Å². The first kappa shape index (κ1) is 12.4. The van der Waals surface area contributed by atoms with Crippen LogP contribution < -0.4 is 0 Å². The normalized spacial score (nSPS) is 16.4. The number of carboxylic acids is 1. The predicted molar refractivity (Wildman–Crippen MR) is 47.5 cm³/mol. The minimum atomic E-state index is -4.23. The molecule has 5 nitrogen and oxygen atoms in total. The summed E-state index contributed by atoms with van der Waals surface area (Å²) < 4.78 is 10.8. The molecule has 3 N–H and O–H groups in total. The summed E-state index contributed by atoms with van der Waals surface area (Å²) in [6.45, 7) is 4.04. The monoisotopic (exact) mass is 208 g/mol. The van der Waals surface area contributed by atoms with Crippen LogP contribution in [0.15, 0.2) is 11.1 Å². The van der Waals surface area contributed by atoms with Crippen LogP contribution in [0.5, 0.6) is 0 Å². The maximum absolute atomic E-state index is 10.8. The van der Waals surface area contributed by atoms with Gasteiger partial charge < -0.3 is 14.9 Å². The molecule has 0 aliphatic carbocycles. The van der Waals surface area contributed by atoms with E-state index < -0.39 is 19.2 Å². The Hall–Kier alpha value is -0.640. The Morgan fingerprint density at radius 1 is 1.31 bits per heavy atom. The Morgan fingerprint density at radius 3 is 1.92 bits per heavy atom. The molecule has 0 aliphatic rings. The summed E-state index contributed by atoms with van der Waals surface area (Å²) in [6.07, 6.45) is 0. The van der Waals surface area contributed by atoms with Gasteiger partial charge in [-0.05, 0) is 26.3 Å². The summed E-state index contributed by atoms with van der Waals surface area (Å²) in [5.74, 6) is -1.15. The lowest BCUT2D eigenvalue weighted by Crippen LogP contribution is -2.10. The second kappa shape index (κ2) is 4.05. The van der Waals surface area contributed by atoms with Gasteiger partial charge in [-0.1, -0.05) is 0 Å². The molecule has 0 spiro atoms. The Balaban J connectivity index is 5.00. The van der Waals surface area contributed by atoms with Crippen molar-refractivity contribution in [1.82, 2.24) is 0 Å². The minimum Gasteiger partial charge on any atom is -0.478 e. The van der Waals surface area contributed by atoms with E-state index in [1.807, 2.05) is 0 Å². The molecule has 0 fully saturated rings. The Bertz CT molecular complexity index is 287. The van der Waals surface area contributed by atoms with Crippen molar-refractivity contribution in [2.75, 3.05) is 0 Å². The van der Waals surface area contributed by atoms with Gasteiger partial charge in [-0.15, -0.1) is 0 Å². The molecule has 0 aromatic heterocycles. The van der Waals surface area contributed by atoms with Gasteiger partial charge in [0.1, 0.15) is 0 Å². The van der Waals surface area contributed by atoms with E-state index in [1.165, 1.54) is 20.8 Å². The molecule has 0 saturated heterocycles. The second-order valence-corrected chi connectivity index (χ2v) is 4.83. The van der Waals surface area contributed by atoms with E-state index in [0.717, 1.165) is 0 Å². The molecule has 0 unspecified atom stereocenters. The van der Waals surface area contributed by atoms with E-state index >= 15 is 0 Å². The third-order valence-electron chi connectivity index (χ3n) is 2.04. The predicted octanol–water partition coefficient (Wildman–Crippen LogP) is 0.974. The van der Waals surface area contributed by atoms with Crippen LogP contribution in [0, 0.1) is 0 Å². The molecule has 13 heavy (non-hydrogen) atoms. The summed E-state index contributed by atoms with van der Waals surface area (Å²) in [5.41, 5.74) is -0.847. The van der Waals surface area contributed by atoms with Crippen molar-refractivity contribution in [2.24, 2.45) is 0 Å². The molecule has 1 atom stereocenters. The van der Waals surface area contributed by atoms with Crippen LogP contribution >= 0.6 is 7.60 Å². The van der Waals surface area contributed by atoms with E-state index in [2.05, 4.69) is 0 Å². The van der Waals surface area contributed by atoms with Gasteiger partial charge in [-0.2, -0.15) is 0 Å². The molecule has 0 saturated carbocycles. The van der Waals surface area contributed by atoms with Crippen LogP contribution in [0.3, 0.4) is 0 Å². The van der Waals surface area contributed by atoms with Gasteiger partial charge in [0.15, 0.2) is 0 Å². The van der Waals surface area contributed by atoms with Gasteiger partial charge in [0.05, 0.1) is 5.66 Å². The molecule has 6 heteroatoms. The molecule has 0 bridgehead atoms. The minimum absolute atomic E-state index is 0.0178. The van der Waals surface area contributed by atoms with Crippen LogP contribution in [0.1, 0.15) is 20.8 Å². The van der Waals surface area contributed by atoms with Crippen LogP contribution in [-0.4, -0.2) is 26.5 Å². The summed E-state index contributed by atoms with van der Waals surface area (Å²) in [4.78, 5) is 28.0. The average Bonchev–Trinajstić information content (AvgIpc) is 1.98. The zero-order valence-electron chi connectivity index (χ0n) is 7.68. The number of aliphatic carboxylic acids is 1. The molecule has 0 aromatic rings. The van der Waals surface area contributed by atoms with Crippen molar-refractivity contribution in [3.8, 4) is 0 Å². The first-order valence-electron chi connectivity index (χ1n) is 3.63. The maximum atomic E-state index is 10.8. The van der Waals surface area contributed by atoms with Gasteiger partial charge in [-0.25, -0.2) is 4.79 Å². The van der Waals surface area contributed by atoms with Crippen molar-refractivity contribution >= 4 is 13.6 Å². The van der Waals surface area contributed by atoms with E-state index in [0.29, 0.717) is 0 Å². The van der Waals surface area contributed by atoms with Crippen molar-refractivity contribution < 1.29 is 24.3 Å². The van der Waals surface area contributed by atoms with Crippen LogP contribution in [0.25, 0.3) is 0 Å². The highest BCUT2D eigenvalue weighted by molar-refractivity contribution is 7.52. The van der Waals surface area contributed by atoms with Gasteiger partial charge in [0.25, 0.3) is 0 Å². The number of allylic oxidation sites excluding steroid dienone is 1. The second-order valence-electron chi connectivity index (χ2n) is 2.88. The van der Waals surface area contributed by atoms with Crippen molar-refractivity contribution in [2.45, 2.75) is 26.4 Å². The standard InChI is InChI=1S/C7H13O5P/c1-4(5(2)7(8)9)6(3)13(10,11)12/h6H,1-3H3,(H,8,9)(H2,10,11,12)/b5-4+/t6-/m1/s1. The summed E-state index contributed by atoms with van der Waals surface area (Å²) in [7, 11) is -4.23. The van der Waals surface area contributed by atoms with Crippen LogP contribution in [0.4, 0.5) is 0 Å². The van der Waals surface area contributed by atoms with Crippen molar-refractivity contribution in [3.05, 3.63) is 11.1 Å². The number of carbonyl (C=O) groups is 1. The summed E-state index contributed by atoms with van der Waals surface area (Å²) >= 11 is 0. The molecular weight excluding hydrogens is 195 g/mol. The van der Waals surface area contributed by atoms with Crippen LogP contribution in [0.2, 0.25) is 0 Å². The van der Waals surface area contributed by atoms with Crippen LogP contribution in [-0.2, 0) is 9.36 Å². The third-order valence-corrected chi connectivity index (χ3v) is 3.44.